The Kier molecular flexibility index (Phi) is 7.00. The number of aliphatic hydroxyl groups is 1. The highest BCUT2D eigenvalue weighted by atomic mass is 32.1. The SMILES string of the molecule is CCCCC1(OC)CCN(c2ccc(-c3nnc(-c4ccc(CO)cc4)s3)cc2)CC1. The maximum Gasteiger partial charge on any atom is 0.148 e. The minimum Gasteiger partial charge on any atom is -0.392 e. The number of unbranched alkanes of at least 4 members (excludes halogenated alkanes) is 1. The molecule has 6 heteroatoms. The quantitative estimate of drug-likeness (QED) is 0.501. The molecular formula is C25H31N3O2S. The third kappa shape index (κ3) is 4.97. The fraction of sp³-hybridized carbons (Fsp3) is 0.440. The molecule has 0 amide bonds. The normalized spacial score (nSPS) is 15.9. The molecule has 0 spiro atoms. The van der Waals surface area contributed by atoms with Crippen molar-refractivity contribution in [1.29, 1.82) is 0 Å². The van der Waals surface area contributed by atoms with Gasteiger partial charge in [-0.3, -0.25) is 0 Å². The van der Waals surface area contributed by atoms with Crippen LogP contribution in [0.15, 0.2) is 48.5 Å². The largest absolute Gasteiger partial charge is 0.392 e. The van der Waals surface area contributed by atoms with Crippen LogP contribution in [0.25, 0.3) is 21.1 Å². The molecule has 4 rings (SSSR count). The molecule has 3 aromatic rings. The first-order valence-electron chi connectivity index (χ1n) is 11.1. The van der Waals surface area contributed by atoms with E-state index in [2.05, 4.69) is 46.3 Å². The van der Waals surface area contributed by atoms with Crippen LogP contribution < -0.4 is 4.90 Å². The molecule has 2 heterocycles. The highest BCUT2D eigenvalue weighted by Gasteiger charge is 2.33. The van der Waals surface area contributed by atoms with E-state index in [0.717, 1.165) is 59.1 Å². The first-order valence-corrected chi connectivity index (χ1v) is 11.9. The number of ether oxygens (including phenoxy) is 1. The molecular weight excluding hydrogens is 406 g/mol. The van der Waals surface area contributed by atoms with Crippen LogP contribution in [-0.2, 0) is 11.3 Å². The van der Waals surface area contributed by atoms with Crippen molar-refractivity contribution in [3.63, 3.8) is 0 Å². The molecule has 31 heavy (non-hydrogen) atoms. The molecule has 1 saturated heterocycles. The molecule has 1 aliphatic heterocycles. The van der Waals surface area contributed by atoms with Crippen molar-refractivity contribution < 1.29 is 9.84 Å². The fourth-order valence-electron chi connectivity index (χ4n) is 4.25. The molecule has 0 saturated carbocycles. The molecule has 1 fully saturated rings. The molecule has 1 aliphatic rings. The number of benzene rings is 2. The second-order valence-electron chi connectivity index (χ2n) is 8.29. The second-order valence-corrected chi connectivity index (χ2v) is 9.27. The average Bonchev–Trinajstić information content (AvgIpc) is 3.34. The summed E-state index contributed by atoms with van der Waals surface area (Å²) in [5, 5.41) is 19.8. The van der Waals surface area contributed by atoms with Gasteiger partial charge in [0.1, 0.15) is 10.0 Å². The Labute approximate surface area is 188 Å². The second kappa shape index (κ2) is 9.90. The van der Waals surface area contributed by atoms with Crippen molar-refractivity contribution in [2.24, 2.45) is 0 Å². The number of aromatic nitrogens is 2. The summed E-state index contributed by atoms with van der Waals surface area (Å²) in [5.74, 6) is 0. The van der Waals surface area contributed by atoms with Gasteiger partial charge in [-0.2, -0.15) is 0 Å². The van der Waals surface area contributed by atoms with Crippen LogP contribution in [0.5, 0.6) is 0 Å². The van der Waals surface area contributed by atoms with Crippen molar-refractivity contribution in [2.75, 3.05) is 25.1 Å². The molecule has 0 aliphatic carbocycles. The van der Waals surface area contributed by atoms with Gasteiger partial charge >= 0.3 is 0 Å². The van der Waals surface area contributed by atoms with E-state index in [1.54, 1.807) is 11.3 Å². The van der Waals surface area contributed by atoms with Crippen molar-refractivity contribution in [3.8, 4) is 21.1 Å². The van der Waals surface area contributed by atoms with Gasteiger partial charge in [0.25, 0.3) is 0 Å². The smallest absolute Gasteiger partial charge is 0.148 e. The highest BCUT2D eigenvalue weighted by Crippen LogP contribution is 2.35. The number of anilines is 1. The Morgan fingerprint density at radius 3 is 2.06 bits per heavy atom. The van der Waals surface area contributed by atoms with Crippen LogP contribution in [0.3, 0.4) is 0 Å². The predicted octanol–water partition coefficient (Wildman–Crippen LogP) is 5.54. The third-order valence-electron chi connectivity index (χ3n) is 6.38. The van der Waals surface area contributed by atoms with Crippen molar-refractivity contribution in [1.82, 2.24) is 10.2 Å². The van der Waals surface area contributed by atoms with Gasteiger partial charge in [-0.15, -0.1) is 10.2 Å². The first-order chi connectivity index (χ1) is 15.2. The van der Waals surface area contributed by atoms with E-state index in [1.165, 1.54) is 18.5 Å². The zero-order valence-corrected chi connectivity index (χ0v) is 19.2. The van der Waals surface area contributed by atoms with Crippen molar-refractivity contribution >= 4 is 17.0 Å². The Morgan fingerprint density at radius 2 is 1.55 bits per heavy atom. The Morgan fingerprint density at radius 1 is 0.968 bits per heavy atom. The molecule has 1 N–H and O–H groups in total. The predicted molar refractivity (Wildman–Crippen MR) is 127 cm³/mol. The lowest BCUT2D eigenvalue weighted by molar-refractivity contribution is -0.0374. The number of piperidine rings is 1. The van der Waals surface area contributed by atoms with Crippen LogP contribution in [-0.4, -0.2) is 41.1 Å². The monoisotopic (exact) mass is 437 g/mol. The molecule has 0 bridgehead atoms. The topological polar surface area (TPSA) is 58.5 Å². The zero-order valence-electron chi connectivity index (χ0n) is 18.4. The fourth-order valence-corrected chi connectivity index (χ4v) is 5.11. The van der Waals surface area contributed by atoms with Gasteiger partial charge in [-0.1, -0.05) is 55.4 Å². The molecule has 164 valence electrons. The van der Waals surface area contributed by atoms with Crippen LogP contribution in [0.1, 0.15) is 44.6 Å². The summed E-state index contributed by atoms with van der Waals surface area (Å²) in [6.07, 6.45) is 5.78. The molecule has 0 atom stereocenters. The van der Waals surface area contributed by atoms with Gasteiger partial charge in [0.05, 0.1) is 12.2 Å². The molecule has 0 unspecified atom stereocenters. The van der Waals surface area contributed by atoms with Gasteiger partial charge in [-0.25, -0.2) is 0 Å². The summed E-state index contributed by atoms with van der Waals surface area (Å²) >= 11 is 1.59. The average molecular weight is 438 g/mol. The van der Waals surface area contributed by atoms with E-state index in [0.29, 0.717) is 0 Å². The maximum absolute atomic E-state index is 9.21. The van der Waals surface area contributed by atoms with E-state index < -0.39 is 0 Å². The van der Waals surface area contributed by atoms with Gasteiger partial charge in [0, 0.05) is 37.0 Å². The highest BCUT2D eigenvalue weighted by molar-refractivity contribution is 7.17. The summed E-state index contributed by atoms with van der Waals surface area (Å²) in [6, 6.07) is 16.5. The van der Waals surface area contributed by atoms with Gasteiger partial charge < -0.3 is 14.7 Å². The third-order valence-corrected chi connectivity index (χ3v) is 7.40. The van der Waals surface area contributed by atoms with Crippen LogP contribution in [0, 0.1) is 0 Å². The Balaban J connectivity index is 1.41. The summed E-state index contributed by atoms with van der Waals surface area (Å²) in [6.45, 7) is 4.36. The van der Waals surface area contributed by atoms with E-state index in [1.807, 2.05) is 31.4 Å². The molecule has 1 aromatic heterocycles. The first kappa shape index (κ1) is 21.9. The van der Waals surface area contributed by atoms with Gasteiger partial charge in [-0.05, 0) is 49.1 Å². The number of hydrogen-bond donors (Lipinski definition) is 1. The van der Waals surface area contributed by atoms with E-state index >= 15 is 0 Å². The summed E-state index contributed by atoms with van der Waals surface area (Å²) in [7, 11) is 1.87. The zero-order chi connectivity index (χ0) is 21.7. The van der Waals surface area contributed by atoms with E-state index in [-0.39, 0.29) is 12.2 Å². The molecule has 2 aromatic carbocycles. The Hall–Kier alpha value is -2.28. The van der Waals surface area contributed by atoms with Gasteiger partial charge in [0.2, 0.25) is 0 Å². The maximum atomic E-state index is 9.21. The lowest BCUT2D eigenvalue weighted by Gasteiger charge is -2.42. The standard InChI is InChI=1S/C25H31N3O2S/c1-3-4-13-25(30-2)14-16-28(17-15-25)22-11-9-21(10-12-22)24-27-26-23(31-24)20-7-5-19(18-29)6-8-20/h5-12,29H,3-4,13-18H2,1-2H3. The number of hydrogen-bond acceptors (Lipinski definition) is 6. The van der Waals surface area contributed by atoms with Crippen LogP contribution in [0.2, 0.25) is 0 Å². The number of methoxy groups -OCH3 is 1. The lowest BCUT2D eigenvalue weighted by Crippen LogP contribution is -2.45. The van der Waals surface area contributed by atoms with Crippen molar-refractivity contribution in [2.45, 2.75) is 51.2 Å². The lowest BCUT2D eigenvalue weighted by atomic mass is 9.86. The minimum absolute atomic E-state index is 0.0518. The van der Waals surface area contributed by atoms with E-state index in [9.17, 15) is 5.11 Å². The molecule has 0 radical (unpaired) electrons. The summed E-state index contributed by atoms with van der Waals surface area (Å²) in [4.78, 5) is 2.46. The number of rotatable bonds is 8. The Bertz CT molecular complexity index is 961. The molecule has 5 nitrogen and oxygen atoms in total. The number of aliphatic hydroxyl groups excluding tert-OH is 1. The van der Waals surface area contributed by atoms with Crippen LogP contribution in [0.4, 0.5) is 5.69 Å². The van der Waals surface area contributed by atoms with E-state index in [4.69, 9.17) is 4.74 Å². The van der Waals surface area contributed by atoms with Crippen molar-refractivity contribution in [3.05, 3.63) is 54.1 Å². The number of nitrogens with zero attached hydrogens (tertiary/aromatic N) is 3. The minimum atomic E-state index is 0.0518. The van der Waals surface area contributed by atoms with Gasteiger partial charge in [0.15, 0.2) is 0 Å². The van der Waals surface area contributed by atoms with Crippen LogP contribution >= 0.6 is 11.3 Å². The summed E-state index contributed by atoms with van der Waals surface area (Å²) < 4.78 is 5.94. The summed E-state index contributed by atoms with van der Waals surface area (Å²) in [5.41, 5.74) is 4.33.